The van der Waals surface area contributed by atoms with Crippen molar-refractivity contribution in [3.05, 3.63) is 0 Å². The fourth-order valence-corrected chi connectivity index (χ4v) is 2.60. The van der Waals surface area contributed by atoms with Gasteiger partial charge in [-0.1, -0.05) is 27.7 Å². The number of hydrogen-bond acceptors (Lipinski definition) is 3. The Morgan fingerprint density at radius 1 is 1.35 bits per heavy atom. The molecule has 0 radical (unpaired) electrons. The first kappa shape index (κ1) is 14.4. The molecule has 1 heterocycles. The van der Waals surface area contributed by atoms with Crippen LogP contribution < -0.4 is 0 Å². The predicted octanol–water partition coefficient (Wildman–Crippen LogP) is 1.70. The molecule has 1 amide bonds. The summed E-state index contributed by atoms with van der Waals surface area (Å²) in [7, 11) is 0. The number of carboxylic acid groups (broad SMARTS) is 1. The first-order chi connectivity index (χ1) is 7.70. The van der Waals surface area contributed by atoms with E-state index in [0.29, 0.717) is 18.8 Å². The average Bonchev–Trinajstić information content (AvgIpc) is 2.55. The molecule has 17 heavy (non-hydrogen) atoms. The Hall–Kier alpha value is -0.710. The van der Waals surface area contributed by atoms with Crippen LogP contribution in [0.2, 0.25) is 0 Å². The van der Waals surface area contributed by atoms with Crippen LogP contribution in [0.3, 0.4) is 0 Å². The van der Waals surface area contributed by atoms with Crippen LogP contribution in [-0.2, 0) is 9.59 Å². The number of thioether (sulfide) groups is 1. The molecule has 0 spiro atoms. The summed E-state index contributed by atoms with van der Waals surface area (Å²) in [6, 6.07) is 0. The van der Waals surface area contributed by atoms with Gasteiger partial charge in [-0.15, -0.1) is 11.8 Å². The zero-order chi connectivity index (χ0) is 13.2. The first-order valence-electron chi connectivity index (χ1n) is 5.85. The second kappa shape index (κ2) is 5.29. The van der Waals surface area contributed by atoms with Crippen LogP contribution >= 0.6 is 11.8 Å². The number of likely N-dealkylation sites (tertiary alicyclic amines) is 1. The van der Waals surface area contributed by atoms with Crippen LogP contribution in [0, 0.1) is 11.8 Å². The van der Waals surface area contributed by atoms with Gasteiger partial charge in [0.25, 0.3) is 0 Å². The van der Waals surface area contributed by atoms with Gasteiger partial charge in [-0.05, 0) is 5.92 Å². The third kappa shape index (κ3) is 4.22. The van der Waals surface area contributed by atoms with Gasteiger partial charge in [0.15, 0.2) is 0 Å². The molecule has 0 aromatic rings. The van der Waals surface area contributed by atoms with Crippen molar-refractivity contribution in [2.45, 2.75) is 32.4 Å². The number of carbonyl (C=O) groups is 2. The minimum absolute atomic E-state index is 0.0519. The zero-order valence-electron chi connectivity index (χ0n) is 10.9. The quantitative estimate of drug-likeness (QED) is 0.838. The molecule has 1 fully saturated rings. The van der Waals surface area contributed by atoms with Crippen molar-refractivity contribution < 1.29 is 14.7 Å². The summed E-state index contributed by atoms with van der Waals surface area (Å²) in [6.45, 7) is 9.02. The van der Waals surface area contributed by atoms with E-state index in [9.17, 15) is 9.59 Å². The Bertz CT molecular complexity index is 311. The smallest absolute Gasteiger partial charge is 0.308 e. The number of nitrogens with zero attached hydrogens (tertiary/aromatic N) is 1. The highest BCUT2D eigenvalue weighted by Gasteiger charge is 2.36. The number of carbonyl (C=O) groups excluding carboxylic acids is 1. The molecule has 1 rings (SSSR count). The molecular weight excluding hydrogens is 238 g/mol. The van der Waals surface area contributed by atoms with E-state index < -0.39 is 11.9 Å². The van der Waals surface area contributed by atoms with Crippen LogP contribution in [0.25, 0.3) is 0 Å². The lowest BCUT2D eigenvalue weighted by Gasteiger charge is -2.20. The molecule has 1 aliphatic rings. The Morgan fingerprint density at radius 3 is 2.35 bits per heavy atom. The molecule has 1 N–H and O–H groups in total. The van der Waals surface area contributed by atoms with Crippen molar-refractivity contribution in [2.24, 2.45) is 11.8 Å². The largest absolute Gasteiger partial charge is 0.481 e. The van der Waals surface area contributed by atoms with Crippen molar-refractivity contribution in [2.75, 3.05) is 18.8 Å². The lowest BCUT2D eigenvalue weighted by molar-refractivity contribution is -0.142. The second-order valence-electron chi connectivity index (χ2n) is 5.62. The van der Waals surface area contributed by atoms with Gasteiger partial charge in [0, 0.05) is 17.8 Å². The zero-order valence-corrected chi connectivity index (χ0v) is 11.7. The highest BCUT2D eigenvalue weighted by molar-refractivity contribution is 8.01. The number of aliphatic carboxylic acids is 1. The third-order valence-corrected chi connectivity index (χ3v) is 4.17. The predicted molar refractivity (Wildman–Crippen MR) is 69.1 cm³/mol. The maximum atomic E-state index is 11.9. The van der Waals surface area contributed by atoms with E-state index in [0.717, 1.165) is 0 Å². The Labute approximate surface area is 107 Å². The summed E-state index contributed by atoms with van der Waals surface area (Å²) in [6.07, 6.45) is 0. The average molecular weight is 259 g/mol. The molecular formula is C12H21NO3S. The minimum atomic E-state index is -0.795. The maximum absolute atomic E-state index is 11.9. The van der Waals surface area contributed by atoms with Crippen molar-refractivity contribution in [1.29, 1.82) is 0 Å². The topological polar surface area (TPSA) is 57.6 Å². The molecule has 2 atom stereocenters. The van der Waals surface area contributed by atoms with Gasteiger partial charge in [0.05, 0.1) is 11.7 Å². The normalized spacial score (nSPS) is 25.1. The van der Waals surface area contributed by atoms with Crippen LogP contribution in [-0.4, -0.2) is 45.5 Å². The Kier molecular flexibility index (Phi) is 4.47. The SMILES string of the molecule is C[C@@H]1CN(C(=O)CSC(C)(C)C)C[C@H]1C(=O)O. The van der Waals surface area contributed by atoms with Crippen molar-refractivity contribution in [3.8, 4) is 0 Å². The summed E-state index contributed by atoms with van der Waals surface area (Å²) in [4.78, 5) is 24.6. The minimum Gasteiger partial charge on any atom is -0.481 e. The monoisotopic (exact) mass is 259 g/mol. The molecule has 5 heteroatoms. The maximum Gasteiger partial charge on any atom is 0.308 e. The fraction of sp³-hybridized carbons (Fsp3) is 0.833. The number of carboxylic acids is 1. The number of amides is 1. The van der Waals surface area contributed by atoms with E-state index in [4.69, 9.17) is 5.11 Å². The van der Waals surface area contributed by atoms with E-state index in [-0.39, 0.29) is 16.6 Å². The summed E-state index contributed by atoms with van der Waals surface area (Å²) >= 11 is 1.60. The van der Waals surface area contributed by atoms with E-state index in [1.54, 1.807) is 16.7 Å². The molecule has 0 aliphatic carbocycles. The van der Waals surface area contributed by atoms with Crippen LogP contribution in [0.1, 0.15) is 27.7 Å². The summed E-state index contributed by atoms with van der Waals surface area (Å²) < 4.78 is 0.0627. The molecule has 0 bridgehead atoms. The molecule has 0 aromatic heterocycles. The highest BCUT2D eigenvalue weighted by atomic mass is 32.2. The Balaban J connectivity index is 2.48. The number of hydrogen-bond donors (Lipinski definition) is 1. The molecule has 1 saturated heterocycles. The second-order valence-corrected chi connectivity index (χ2v) is 7.42. The summed E-state index contributed by atoms with van der Waals surface area (Å²) in [5, 5.41) is 9.00. The molecule has 98 valence electrons. The molecule has 1 aliphatic heterocycles. The van der Waals surface area contributed by atoms with Crippen molar-refractivity contribution in [1.82, 2.24) is 4.90 Å². The van der Waals surface area contributed by atoms with Gasteiger partial charge in [-0.3, -0.25) is 9.59 Å². The van der Waals surface area contributed by atoms with Gasteiger partial charge in [0.1, 0.15) is 0 Å². The van der Waals surface area contributed by atoms with Gasteiger partial charge in [-0.2, -0.15) is 0 Å². The van der Waals surface area contributed by atoms with Gasteiger partial charge in [-0.25, -0.2) is 0 Å². The lowest BCUT2D eigenvalue weighted by Crippen LogP contribution is -2.32. The standard InChI is InChI=1S/C12H21NO3S/c1-8-5-13(6-9(8)11(15)16)10(14)7-17-12(2,3)4/h8-9H,5-7H2,1-4H3,(H,15,16)/t8-,9-/m1/s1. The Morgan fingerprint density at radius 2 is 1.94 bits per heavy atom. The summed E-state index contributed by atoms with van der Waals surface area (Å²) in [5.74, 6) is -0.658. The van der Waals surface area contributed by atoms with Gasteiger partial charge >= 0.3 is 5.97 Å². The van der Waals surface area contributed by atoms with Gasteiger partial charge < -0.3 is 10.0 Å². The van der Waals surface area contributed by atoms with Crippen molar-refractivity contribution >= 4 is 23.6 Å². The van der Waals surface area contributed by atoms with Gasteiger partial charge in [0.2, 0.25) is 5.91 Å². The van der Waals surface area contributed by atoms with E-state index in [1.807, 2.05) is 6.92 Å². The van der Waals surface area contributed by atoms with E-state index in [1.165, 1.54) is 0 Å². The van der Waals surface area contributed by atoms with Crippen LogP contribution in [0.15, 0.2) is 0 Å². The summed E-state index contributed by atoms with van der Waals surface area (Å²) in [5.41, 5.74) is 0. The first-order valence-corrected chi connectivity index (χ1v) is 6.84. The molecule has 0 saturated carbocycles. The van der Waals surface area contributed by atoms with Crippen molar-refractivity contribution in [3.63, 3.8) is 0 Å². The fourth-order valence-electron chi connectivity index (χ4n) is 1.86. The van der Waals surface area contributed by atoms with Crippen LogP contribution in [0.4, 0.5) is 0 Å². The van der Waals surface area contributed by atoms with E-state index in [2.05, 4.69) is 20.8 Å². The molecule has 0 aromatic carbocycles. The van der Waals surface area contributed by atoms with Crippen LogP contribution in [0.5, 0.6) is 0 Å². The molecule has 4 nitrogen and oxygen atoms in total. The highest BCUT2D eigenvalue weighted by Crippen LogP contribution is 2.27. The van der Waals surface area contributed by atoms with E-state index >= 15 is 0 Å². The lowest BCUT2D eigenvalue weighted by atomic mass is 9.99. The molecule has 0 unspecified atom stereocenters. The number of rotatable bonds is 3. The third-order valence-electron chi connectivity index (χ3n) is 2.91.